The number of para-hydroxylation sites is 2. The summed E-state index contributed by atoms with van der Waals surface area (Å²) in [7, 11) is 0. The Bertz CT molecular complexity index is 1040. The van der Waals surface area contributed by atoms with Crippen molar-refractivity contribution in [1.29, 1.82) is 0 Å². The number of nitrogens with zero attached hydrogens (tertiary/aromatic N) is 1. The van der Waals surface area contributed by atoms with E-state index >= 15 is 0 Å². The fraction of sp³-hybridized carbons (Fsp3) is 0.0909. The van der Waals surface area contributed by atoms with Crippen LogP contribution in [-0.4, -0.2) is 10.9 Å². The Kier molecular flexibility index (Phi) is 4.90. The van der Waals surface area contributed by atoms with Crippen molar-refractivity contribution in [2.24, 2.45) is 0 Å². The van der Waals surface area contributed by atoms with Crippen LogP contribution in [0.2, 0.25) is 5.02 Å². The summed E-state index contributed by atoms with van der Waals surface area (Å²) >= 11 is 5.86. The molecule has 1 heterocycles. The highest BCUT2D eigenvalue weighted by Gasteiger charge is 2.07. The summed E-state index contributed by atoms with van der Waals surface area (Å²) in [6.45, 7) is 0. The van der Waals surface area contributed by atoms with Crippen LogP contribution in [0, 0.1) is 0 Å². The van der Waals surface area contributed by atoms with Crippen LogP contribution in [0.4, 0.5) is 5.69 Å². The lowest BCUT2D eigenvalue weighted by molar-refractivity contribution is -0.115. The number of halogens is 1. The molecule has 0 unspecified atom stereocenters. The Hall–Kier alpha value is -3.11. The lowest BCUT2D eigenvalue weighted by atomic mass is 10.1. The summed E-state index contributed by atoms with van der Waals surface area (Å²) < 4.78 is 5.75. The van der Waals surface area contributed by atoms with Gasteiger partial charge in [-0.2, -0.15) is 0 Å². The monoisotopic (exact) mass is 376 g/mol. The third-order valence-electron chi connectivity index (χ3n) is 4.21. The van der Waals surface area contributed by atoms with Crippen LogP contribution >= 0.6 is 11.6 Å². The van der Waals surface area contributed by atoms with E-state index in [1.165, 1.54) is 0 Å². The summed E-state index contributed by atoms with van der Waals surface area (Å²) in [4.78, 5) is 16.7. The van der Waals surface area contributed by atoms with Crippen molar-refractivity contribution in [3.8, 4) is 0 Å². The molecule has 3 aromatic carbocycles. The van der Waals surface area contributed by atoms with E-state index in [1.807, 2.05) is 60.7 Å². The zero-order chi connectivity index (χ0) is 18.6. The molecule has 0 bridgehead atoms. The van der Waals surface area contributed by atoms with Gasteiger partial charge in [-0.3, -0.25) is 4.79 Å². The molecule has 4 aromatic rings. The van der Waals surface area contributed by atoms with Crippen LogP contribution in [0.1, 0.15) is 17.0 Å². The third kappa shape index (κ3) is 4.36. The largest absolute Gasteiger partial charge is 0.440 e. The van der Waals surface area contributed by atoms with Gasteiger partial charge >= 0.3 is 0 Å². The minimum absolute atomic E-state index is 0.0657. The molecule has 0 atom stereocenters. The van der Waals surface area contributed by atoms with Crippen molar-refractivity contribution in [2.75, 3.05) is 5.32 Å². The summed E-state index contributed by atoms with van der Waals surface area (Å²) in [5, 5.41) is 3.57. The predicted octanol–water partition coefficient (Wildman–Crippen LogP) is 5.25. The molecule has 4 rings (SSSR count). The Balaban J connectivity index is 1.38. The quantitative estimate of drug-likeness (QED) is 0.517. The molecule has 134 valence electrons. The molecular weight excluding hydrogens is 360 g/mol. The smallest absolute Gasteiger partial charge is 0.228 e. The van der Waals surface area contributed by atoms with Gasteiger partial charge in [-0.25, -0.2) is 4.98 Å². The fourth-order valence-electron chi connectivity index (χ4n) is 2.87. The van der Waals surface area contributed by atoms with E-state index in [4.69, 9.17) is 16.0 Å². The summed E-state index contributed by atoms with van der Waals surface area (Å²) in [6, 6.07) is 22.7. The van der Waals surface area contributed by atoms with Crippen LogP contribution in [-0.2, 0) is 17.6 Å². The molecule has 5 heteroatoms. The summed E-state index contributed by atoms with van der Waals surface area (Å²) in [5.41, 5.74) is 4.40. The number of nitrogens with one attached hydrogen (secondary N) is 1. The fourth-order valence-corrected chi connectivity index (χ4v) is 2.99. The molecule has 27 heavy (non-hydrogen) atoms. The molecule has 0 aliphatic carbocycles. The van der Waals surface area contributed by atoms with Gasteiger partial charge < -0.3 is 9.73 Å². The van der Waals surface area contributed by atoms with Crippen LogP contribution in [0.25, 0.3) is 11.1 Å². The Morgan fingerprint density at radius 3 is 2.37 bits per heavy atom. The maximum atomic E-state index is 12.2. The van der Waals surface area contributed by atoms with E-state index in [1.54, 1.807) is 12.1 Å². The molecular formula is C22H17ClN2O2. The lowest BCUT2D eigenvalue weighted by Gasteiger charge is -2.06. The summed E-state index contributed by atoms with van der Waals surface area (Å²) in [6.07, 6.45) is 0.912. The first kappa shape index (κ1) is 17.3. The maximum absolute atomic E-state index is 12.2. The minimum atomic E-state index is -0.0657. The van der Waals surface area contributed by atoms with Gasteiger partial charge in [0.2, 0.25) is 5.91 Å². The number of amides is 1. The second-order valence-electron chi connectivity index (χ2n) is 6.30. The lowest BCUT2D eigenvalue weighted by Crippen LogP contribution is -2.14. The zero-order valence-corrected chi connectivity index (χ0v) is 15.2. The number of carbonyl (C=O) groups is 1. The topological polar surface area (TPSA) is 55.1 Å². The number of carbonyl (C=O) groups excluding carboxylic acids is 1. The van der Waals surface area contributed by atoms with E-state index in [9.17, 15) is 4.79 Å². The highest BCUT2D eigenvalue weighted by molar-refractivity contribution is 6.30. The first-order valence-electron chi connectivity index (χ1n) is 8.63. The molecule has 0 aliphatic heterocycles. The molecule has 0 radical (unpaired) electrons. The van der Waals surface area contributed by atoms with E-state index in [0.29, 0.717) is 23.8 Å². The van der Waals surface area contributed by atoms with Gasteiger partial charge in [0.15, 0.2) is 11.5 Å². The molecule has 0 aliphatic rings. The first-order chi connectivity index (χ1) is 13.2. The molecule has 0 spiro atoms. The number of anilines is 1. The average molecular weight is 377 g/mol. The normalized spacial score (nSPS) is 10.9. The second-order valence-corrected chi connectivity index (χ2v) is 6.74. The number of hydrogen-bond acceptors (Lipinski definition) is 3. The minimum Gasteiger partial charge on any atom is -0.440 e. The van der Waals surface area contributed by atoms with E-state index < -0.39 is 0 Å². The van der Waals surface area contributed by atoms with Gasteiger partial charge in [-0.1, -0.05) is 48.0 Å². The number of aromatic nitrogens is 1. The van der Waals surface area contributed by atoms with E-state index in [0.717, 1.165) is 27.9 Å². The molecule has 4 nitrogen and oxygen atoms in total. The maximum Gasteiger partial charge on any atom is 0.228 e. The van der Waals surface area contributed by atoms with Gasteiger partial charge in [-0.15, -0.1) is 0 Å². The van der Waals surface area contributed by atoms with E-state index in [2.05, 4.69) is 10.3 Å². The van der Waals surface area contributed by atoms with Crippen molar-refractivity contribution >= 4 is 34.3 Å². The van der Waals surface area contributed by atoms with Crippen molar-refractivity contribution in [3.05, 3.63) is 94.8 Å². The Morgan fingerprint density at radius 1 is 0.926 bits per heavy atom. The number of fused-ring (bicyclic) bond motifs is 1. The molecule has 1 amide bonds. The van der Waals surface area contributed by atoms with Crippen molar-refractivity contribution in [3.63, 3.8) is 0 Å². The highest BCUT2D eigenvalue weighted by Crippen LogP contribution is 2.19. The van der Waals surface area contributed by atoms with Crippen molar-refractivity contribution < 1.29 is 9.21 Å². The zero-order valence-electron chi connectivity index (χ0n) is 14.5. The van der Waals surface area contributed by atoms with Crippen LogP contribution < -0.4 is 5.32 Å². The number of oxazole rings is 1. The number of rotatable bonds is 5. The second kappa shape index (κ2) is 7.64. The van der Waals surface area contributed by atoms with Gasteiger partial charge in [0.05, 0.1) is 6.42 Å². The SMILES string of the molecule is O=C(Cc1ccc(Cl)cc1)Nc1ccc(Cc2nc3ccccc3o2)cc1. The molecule has 0 saturated heterocycles. The Morgan fingerprint density at radius 2 is 1.63 bits per heavy atom. The molecule has 1 N–H and O–H groups in total. The van der Waals surface area contributed by atoms with Crippen LogP contribution in [0.5, 0.6) is 0 Å². The Labute approximate surface area is 161 Å². The first-order valence-corrected chi connectivity index (χ1v) is 9.01. The number of benzene rings is 3. The molecule has 1 aromatic heterocycles. The van der Waals surface area contributed by atoms with Gasteiger partial charge in [-0.05, 0) is 47.5 Å². The van der Waals surface area contributed by atoms with Crippen LogP contribution in [0.15, 0.2) is 77.2 Å². The van der Waals surface area contributed by atoms with Crippen molar-refractivity contribution in [1.82, 2.24) is 4.98 Å². The highest BCUT2D eigenvalue weighted by atomic mass is 35.5. The van der Waals surface area contributed by atoms with Crippen molar-refractivity contribution in [2.45, 2.75) is 12.8 Å². The number of hydrogen-bond donors (Lipinski definition) is 1. The van der Waals surface area contributed by atoms with Crippen LogP contribution in [0.3, 0.4) is 0 Å². The van der Waals surface area contributed by atoms with Gasteiger partial charge in [0.1, 0.15) is 5.52 Å². The molecule has 0 fully saturated rings. The molecule has 0 saturated carbocycles. The standard InChI is InChI=1S/C22H17ClN2O2/c23-17-9-5-15(6-10-17)13-21(26)24-18-11-7-16(8-12-18)14-22-25-19-3-1-2-4-20(19)27-22/h1-12H,13-14H2,(H,24,26). The summed E-state index contributed by atoms with van der Waals surface area (Å²) in [5.74, 6) is 0.611. The third-order valence-corrected chi connectivity index (χ3v) is 4.46. The average Bonchev–Trinajstić information content (AvgIpc) is 3.07. The van der Waals surface area contributed by atoms with E-state index in [-0.39, 0.29) is 5.91 Å². The van der Waals surface area contributed by atoms with Gasteiger partial charge in [0.25, 0.3) is 0 Å². The van der Waals surface area contributed by atoms with Gasteiger partial charge in [0, 0.05) is 17.1 Å². The predicted molar refractivity (Wildman–Crippen MR) is 107 cm³/mol.